The molecule has 1 aromatic carbocycles. The number of aliphatic hydroxyl groups is 2. The molecule has 0 bridgehead atoms. The Morgan fingerprint density at radius 3 is 2.00 bits per heavy atom. The quantitative estimate of drug-likeness (QED) is 0.119. The molecule has 1 saturated heterocycles. The number of aliphatic hydroxyl groups excluding tert-OH is 1. The van der Waals surface area contributed by atoms with Crippen LogP contribution in [0.2, 0.25) is 0 Å². The van der Waals surface area contributed by atoms with Gasteiger partial charge in [-0.05, 0) is 56.6 Å². The molecular formula is C40H69N5O8. The SMILES string of the molecule is CC[C@H](C)[C@@H]([C@@H](CC(=O)N1[C@@H](C)CC[C@H]1[C@H](OC)[C@@H](C)C(=O)N[C@@H](Cc1ccccc1)C(O)O)OC)N(C)C(=O)[C@@H](NC(=O)[C@@H](NC)C(C)C)C(C)C. The Bertz CT molecular complexity index is 1300. The molecule has 0 aromatic heterocycles. The van der Waals surface area contributed by atoms with E-state index >= 15 is 0 Å². The molecule has 13 nitrogen and oxygen atoms in total. The number of amides is 4. The maximum Gasteiger partial charge on any atom is 0.245 e. The summed E-state index contributed by atoms with van der Waals surface area (Å²) in [5, 5.41) is 29.0. The van der Waals surface area contributed by atoms with Gasteiger partial charge in [0.2, 0.25) is 23.6 Å². The third-order valence-electron chi connectivity index (χ3n) is 11.1. The highest BCUT2D eigenvalue weighted by atomic mass is 16.5. The minimum Gasteiger partial charge on any atom is -0.379 e. The predicted octanol–water partition coefficient (Wildman–Crippen LogP) is 2.72. The van der Waals surface area contributed by atoms with E-state index in [1.165, 1.54) is 7.11 Å². The minimum atomic E-state index is -1.77. The summed E-state index contributed by atoms with van der Waals surface area (Å²) in [4.78, 5) is 58.7. The first kappa shape index (κ1) is 46.1. The Labute approximate surface area is 317 Å². The third kappa shape index (κ3) is 12.2. The standard InChI is InChI=1S/C40H69N5O8/c1-13-25(6)35(44(10)39(49)34(24(4)5)43-38(48)33(41-9)23(2)3)31(52-11)22-32(46)45-26(7)19-20-30(45)36(53-12)27(8)37(47)42-29(40(50)51)21-28-17-15-14-16-18-28/h14-18,23-27,29-31,33-36,40-41,50-51H,13,19-22H2,1-12H3,(H,42,47)(H,43,48)/t25-,26-,27+,29-,30-,31+,33-,34-,35-,36+/m0/s1. The smallest absolute Gasteiger partial charge is 0.245 e. The summed E-state index contributed by atoms with van der Waals surface area (Å²) in [5.74, 6) is -2.02. The minimum absolute atomic E-state index is 0.00921. The number of hydrogen-bond acceptors (Lipinski definition) is 9. The molecule has 2 rings (SSSR count). The van der Waals surface area contributed by atoms with E-state index in [0.717, 1.165) is 12.0 Å². The van der Waals surface area contributed by atoms with E-state index in [-0.39, 0.29) is 54.4 Å². The van der Waals surface area contributed by atoms with Crippen molar-refractivity contribution in [3.63, 3.8) is 0 Å². The van der Waals surface area contributed by atoms with Crippen LogP contribution in [0.1, 0.15) is 86.6 Å². The van der Waals surface area contributed by atoms with Crippen molar-refractivity contribution in [2.45, 2.75) is 142 Å². The van der Waals surface area contributed by atoms with Gasteiger partial charge in [0.1, 0.15) is 6.04 Å². The number of carbonyl (C=O) groups excluding carboxylic acids is 4. The van der Waals surface area contributed by atoms with Crippen molar-refractivity contribution in [3.8, 4) is 0 Å². The van der Waals surface area contributed by atoms with Crippen LogP contribution in [0.15, 0.2) is 30.3 Å². The van der Waals surface area contributed by atoms with E-state index in [9.17, 15) is 29.4 Å². The summed E-state index contributed by atoms with van der Waals surface area (Å²) in [6, 6.07) is 6.06. The monoisotopic (exact) mass is 748 g/mol. The van der Waals surface area contributed by atoms with E-state index in [0.29, 0.717) is 12.8 Å². The second-order valence-electron chi connectivity index (χ2n) is 15.5. The molecule has 10 atom stereocenters. The van der Waals surface area contributed by atoms with Crippen LogP contribution in [0.3, 0.4) is 0 Å². The van der Waals surface area contributed by atoms with E-state index in [4.69, 9.17) is 9.47 Å². The zero-order valence-corrected chi connectivity index (χ0v) is 34.2. The molecule has 0 spiro atoms. The Hall–Kier alpha value is -3.10. The van der Waals surface area contributed by atoms with E-state index < -0.39 is 60.5 Å². The maximum atomic E-state index is 14.3. The van der Waals surface area contributed by atoms with Crippen LogP contribution < -0.4 is 16.0 Å². The first-order chi connectivity index (χ1) is 24.9. The average molecular weight is 748 g/mol. The lowest BCUT2D eigenvalue weighted by Gasteiger charge is -2.41. The van der Waals surface area contributed by atoms with Crippen molar-refractivity contribution in [2.75, 3.05) is 28.3 Å². The van der Waals surface area contributed by atoms with Gasteiger partial charge in [-0.3, -0.25) is 19.2 Å². The molecule has 0 radical (unpaired) electrons. The molecule has 0 aliphatic carbocycles. The number of ether oxygens (including phenoxy) is 2. The Morgan fingerprint density at radius 1 is 0.906 bits per heavy atom. The first-order valence-electron chi connectivity index (χ1n) is 19.3. The highest BCUT2D eigenvalue weighted by Crippen LogP contribution is 2.33. The van der Waals surface area contributed by atoms with Crippen LogP contribution in [0, 0.1) is 23.7 Å². The lowest BCUT2D eigenvalue weighted by atomic mass is 9.89. The van der Waals surface area contributed by atoms with Crippen LogP contribution in [0.5, 0.6) is 0 Å². The van der Waals surface area contributed by atoms with Gasteiger partial charge in [-0.1, -0.05) is 85.2 Å². The average Bonchev–Trinajstić information content (AvgIpc) is 3.50. The second-order valence-corrected chi connectivity index (χ2v) is 15.5. The molecular weight excluding hydrogens is 678 g/mol. The molecule has 1 heterocycles. The maximum absolute atomic E-state index is 14.3. The fourth-order valence-electron chi connectivity index (χ4n) is 7.78. The highest BCUT2D eigenvalue weighted by molar-refractivity contribution is 5.90. The van der Waals surface area contributed by atoms with Gasteiger partial charge in [-0.25, -0.2) is 0 Å². The van der Waals surface area contributed by atoms with Crippen molar-refractivity contribution in [2.24, 2.45) is 23.7 Å². The van der Waals surface area contributed by atoms with Crippen molar-refractivity contribution in [1.29, 1.82) is 0 Å². The second kappa shape index (κ2) is 21.7. The van der Waals surface area contributed by atoms with Crippen molar-refractivity contribution < 1.29 is 38.9 Å². The molecule has 53 heavy (non-hydrogen) atoms. The first-order valence-corrected chi connectivity index (χ1v) is 19.3. The summed E-state index contributed by atoms with van der Waals surface area (Å²) in [7, 11) is 6.50. The summed E-state index contributed by atoms with van der Waals surface area (Å²) in [6.45, 7) is 15.4. The summed E-state index contributed by atoms with van der Waals surface area (Å²) >= 11 is 0. The molecule has 5 N–H and O–H groups in total. The summed E-state index contributed by atoms with van der Waals surface area (Å²) in [5.41, 5.74) is 0.844. The number of benzene rings is 1. The van der Waals surface area contributed by atoms with Gasteiger partial charge >= 0.3 is 0 Å². The van der Waals surface area contributed by atoms with Gasteiger partial charge in [0.25, 0.3) is 0 Å². The van der Waals surface area contributed by atoms with Gasteiger partial charge in [0, 0.05) is 27.3 Å². The van der Waals surface area contributed by atoms with E-state index in [2.05, 4.69) is 16.0 Å². The predicted molar refractivity (Wildman–Crippen MR) is 205 cm³/mol. The van der Waals surface area contributed by atoms with Crippen LogP contribution in [0.4, 0.5) is 0 Å². The largest absolute Gasteiger partial charge is 0.379 e. The van der Waals surface area contributed by atoms with Crippen LogP contribution in [0.25, 0.3) is 0 Å². The zero-order valence-electron chi connectivity index (χ0n) is 34.2. The number of nitrogens with zero attached hydrogens (tertiary/aromatic N) is 2. The lowest BCUT2D eigenvalue weighted by molar-refractivity contribution is -0.149. The van der Waals surface area contributed by atoms with Crippen molar-refractivity contribution in [3.05, 3.63) is 35.9 Å². The molecule has 1 aliphatic heterocycles. The van der Waals surface area contributed by atoms with Crippen molar-refractivity contribution >= 4 is 23.6 Å². The van der Waals surface area contributed by atoms with Gasteiger partial charge in [-0.15, -0.1) is 0 Å². The third-order valence-corrected chi connectivity index (χ3v) is 11.1. The fourth-order valence-corrected chi connectivity index (χ4v) is 7.78. The highest BCUT2D eigenvalue weighted by Gasteiger charge is 2.45. The number of carbonyl (C=O) groups is 4. The number of hydrogen-bond donors (Lipinski definition) is 5. The molecule has 13 heteroatoms. The molecule has 1 aliphatic rings. The summed E-state index contributed by atoms with van der Waals surface area (Å²) in [6.07, 6.45) is -0.838. The van der Waals surface area contributed by atoms with Gasteiger partial charge in [0.15, 0.2) is 6.29 Å². The molecule has 4 amide bonds. The topological polar surface area (TPSA) is 170 Å². The van der Waals surface area contributed by atoms with Gasteiger partial charge in [0.05, 0.1) is 48.7 Å². The molecule has 1 aromatic rings. The van der Waals surface area contributed by atoms with E-state index in [1.54, 1.807) is 37.9 Å². The molecule has 302 valence electrons. The molecule has 1 fully saturated rings. The zero-order chi connectivity index (χ0) is 40.2. The molecule has 0 saturated carbocycles. The number of likely N-dealkylation sites (N-methyl/N-ethyl adjacent to an activating group) is 2. The van der Waals surface area contributed by atoms with E-state index in [1.807, 2.05) is 78.8 Å². The lowest BCUT2D eigenvalue weighted by Crippen LogP contribution is -2.59. The Morgan fingerprint density at radius 2 is 1.51 bits per heavy atom. The van der Waals surface area contributed by atoms with Gasteiger partial charge < -0.3 is 45.4 Å². The molecule has 0 unspecified atom stereocenters. The number of likely N-dealkylation sites (tertiary alicyclic amines) is 1. The number of methoxy groups -OCH3 is 2. The Kier molecular flexibility index (Phi) is 18.9. The fraction of sp³-hybridized carbons (Fsp3) is 0.750. The van der Waals surface area contributed by atoms with Crippen LogP contribution in [-0.4, -0.2) is 127 Å². The van der Waals surface area contributed by atoms with Crippen LogP contribution in [-0.2, 0) is 35.1 Å². The number of nitrogens with one attached hydrogen (secondary N) is 3. The Balaban J connectivity index is 2.31. The normalized spacial score (nSPS) is 20.7. The number of rotatable bonds is 21. The van der Waals surface area contributed by atoms with Crippen molar-refractivity contribution in [1.82, 2.24) is 25.8 Å². The van der Waals surface area contributed by atoms with Crippen LogP contribution >= 0.6 is 0 Å². The summed E-state index contributed by atoms with van der Waals surface area (Å²) < 4.78 is 11.9. The van der Waals surface area contributed by atoms with Gasteiger partial charge in [-0.2, -0.15) is 0 Å².